The molecule has 0 aliphatic carbocycles. The first-order valence-electron chi connectivity index (χ1n) is 13.3. The second kappa shape index (κ2) is 18.7. The number of imide groups is 1. The van der Waals surface area contributed by atoms with E-state index in [2.05, 4.69) is 19.1 Å². The normalized spacial score (nSPS) is 12.1. The van der Waals surface area contributed by atoms with Gasteiger partial charge in [-0.1, -0.05) is 82.6 Å². The van der Waals surface area contributed by atoms with Gasteiger partial charge in [-0.05, 0) is 49.8 Å². The Hall–Kier alpha value is -2.63. The molecule has 1 rings (SSSR count). The molecule has 0 bridgehead atoms. The number of hydrogen-bond acceptors (Lipinski definition) is 4. The Labute approximate surface area is 211 Å². The summed E-state index contributed by atoms with van der Waals surface area (Å²) < 4.78 is 0. The van der Waals surface area contributed by atoms with Crippen molar-refractivity contribution in [1.82, 2.24) is 4.90 Å². The van der Waals surface area contributed by atoms with E-state index in [0.29, 0.717) is 12.0 Å². The molecule has 0 aromatic heterocycles. The van der Waals surface area contributed by atoms with Gasteiger partial charge >= 0.3 is 5.97 Å². The van der Waals surface area contributed by atoms with Gasteiger partial charge in [-0.3, -0.25) is 14.5 Å². The van der Waals surface area contributed by atoms with Gasteiger partial charge in [0.1, 0.15) is 11.8 Å². The number of nitrogens with zero attached hydrogens (tertiary/aromatic N) is 1. The second-order valence-electron chi connectivity index (χ2n) is 9.34. The largest absolute Gasteiger partial charge is 0.508 e. The summed E-state index contributed by atoms with van der Waals surface area (Å²) in [6, 6.07) is 4.85. The van der Waals surface area contributed by atoms with Crippen molar-refractivity contribution in [3.63, 3.8) is 0 Å². The molecule has 0 heterocycles. The van der Waals surface area contributed by atoms with E-state index in [-0.39, 0.29) is 18.6 Å². The van der Waals surface area contributed by atoms with Crippen LogP contribution in [0.5, 0.6) is 5.75 Å². The van der Waals surface area contributed by atoms with Crippen LogP contribution in [0.3, 0.4) is 0 Å². The predicted octanol–water partition coefficient (Wildman–Crippen LogP) is 6.80. The molecule has 6 nitrogen and oxygen atoms in total. The number of carboxylic acids is 1. The van der Waals surface area contributed by atoms with Crippen LogP contribution in [0, 0.1) is 0 Å². The van der Waals surface area contributed by atoms with Crippen molar-refractivity contribution in [2.75, 3.05) is 0 Å². The molecule has 1 aromatic carbocycles. The molecular weight excluding hydrogens is 442 g/mol. The van der Waals surface area contributed by atoms with Crippen LogP contribution in [0.2, 0.25) is 0 Å². The number of phenolic OH excluding ortho intramolecular Hbond substituents is 1. The van der Waals surface area contributed by atoms with Gasteiger partial charge in [-0.15, -0.1) is 0 Å². The molecule has 0 unspecified atom stereocenters. The minimum absolute atomic E-state index is 0.00725. The van der Waals surface area contributed by atoms with Crippen LogP contribution in [-0.4, -0.2) is 38.9 Å². The molecular formula is C29H45NO5. The molecule has 6 heteroatoms. The van der Waals surface area contributed by atoms with E-state index in [1.165, 1.54) is 64.0 Å². The number of phenols is 1. The number of rotatable bonds is 19. The maximum Gasteiger partial charge on any atom is 0.327 e. The van der Waals surface area contributed by atoms with Gasteiger partial charge in [0, 0.05) is 19.8 Å². The Morgan fingerprint density at radius 2 is 1.34 bits per heavy atom. The lowest BCUT2D eigenvalue weighted by molar-refractivity contribution is -0.157. The van der Waals surface area contributed by atoms with Crippen LogP contribution in [0.4, 0.5) is 0 Å². The number of benzene rings is 1. The highest BCUT2D eigenvalue weighted by atomic mass is 16.4. The van der Waals surface area contributed by atoms with Crippen LogP contribution in [0.1, 0.15) is 109 Å². The molecule has 0 fully saturated rings. The molecule has 0 spiro atoms. The Bertz CT molecular complexity index is 772. The third-order valence-corrected chi connectivity index (χ3v) is 6.22. The van der Waals surface area contributed by atoms with E-state index in [0.717, 1.165) is 37.0 Å². The number of aliphatic carboxylic acids is 1. The highest BCUT2D eigenvalue weighted by Gasteiger charge is 2.32. The summed E-state index contributed by atoms with van der Waals surface area (Å²) in [5.41, 5.74) is 0.635. The second-order valence-corrected chi connectivity index (χ2v) is 9.34. The Morgan fingerprint density at radius 3 is 1.86 bits per heavy atom. The lowest BCUT2D eigenvalue weighted by Crippen LogP contribution is -2.48. The maximum absolute atomic E-state index is 12.7. The quantitative estimate of drug-likeness (QED) is 0.165. The van der Waals surface area contributed by atoms with Crippen LogP contribution in [-0.2, 0) is 20.8 Å². The number of carbonyl (C=O) groups excluding carboxylic acids is 2. The lowest BCUT2D eigenvalue weighted by atomic mass is 10.0. The number of aromatic hydroxyl groups is 1. The molecule has 0 aliphatic rings. The van der Waals surface area contributed by atoms with Gasteiger partial charge in [-0.2, -0.15) is 0 Å². The van der Waals surface area contributed by atoms with Crippen molar-refractivity contribution in [1.29, 1.82) is 0 Å². The number of unbranched alkanes of at least 4 members (excludes halogenated alkanes) is 11. The third kappa shape index (κ3) is 13.7. The molecule has 0 saturated heterocycles. The Kier molecular flexibility index (Phi) is 16.2. The SMILES string of the molecule is CCCCCCCCC=CCCCCCCCC(=O)N(C(C)=O)[C@@H](Cc1ccc(O)cc1)C(=O)O. The van der Waals surface area contributed by atoms with Gasteiger partial charge in [0.25, 0.3) is 0 Å². The molecule has 1 atom stereocenters. The number of hydrogen-bond donors (Lipinski definition) is 2. The fourth-order valence-electron chi connectivity index (χ4n) is 4.18. The average Bonchev–Trinajstić information content (AvgIpc) is 2.82. The van der Waals surface area contributed by atoms with Gasteiger partial charge < -0.3 is 10.2 Å². The summed E-state index contributed by atoms with van der Waals surface area (Å²) in [5, 5.41) is 19.1. The molecule has 196 valence electrons. The van der Waals surface area contributed by atoms with Crippen molar-refractivity contribution in [3.8, 4) is 5.75 Å². The maximum atomic E-state index is 12.7. The smallest absolute Gasteiger partial charge is 0.327 e. The first kappa shape index (κ1) is 30.4. The predicted molar refractivity (Wildman–Crippen MR) is 140 cm³/mol. The van der Waals surface area contributed by atoms with Crippen molar-refractivity contribution >= 4 is 17.8 Å². The van der Waals surface area contributed by atoms with E-state index in [4.69, 9.17) is 0 Å². The lowest BCUT2D eigenvalue weighted by Gasteiger charge is -2.26. The summed E-state index contributed by atoms with van der Waals surface area (Å²) in [4.78, 5) is 37.5. The van der Waals surface area contributed by atoms with E-state index in [1.54, 1.807) is 12.1 Å². The number of carboxylic acid groups (broad SMARTS) is 1. The van der Waals surface area contributed by atoms with Gasteiger partial charge in [-0.25, -0.2) is 4.79 Å². The summed E-state index contributed by atoms with van der Waals surface area (Å²) >= 11 is 0. The van der Waals surface area contributed by atoms with E-state index >= 15 is 0 Å². The molecule has 0 saturated carbocycles. The minimum atomic E-state index is -1.26. The molecule has 35 heavy (non-hydrogen) atoms. The third-order valence-electron chi connectivity index (χ3n) is 6.22. The van der Waals surface area contributed by atoms with Crippen LogP contribution < -0.4 is 0 Å². The van der Waals surface area contributed by atoms with Gasteiger partial charge in [0.15, 0.2) is 0 Å². The minimum Gasteiger partial charge on any atom is -0.508 e. The highest BCUT2D eigenvalue weighted by Crippen LogP contribution is 2.17. The number of amides is 2. The monoisotopic (exact) mass is 487 g/mol. The van der Waals surface area contributed by atoms with E-state index < -0.39 is 23.8 Å². The molecule has 1 aromatic rings. The summed E-state index contributed by atoms with van der Waals surface area (Å²) in [6.45, 7) is 3.47. The standard InChI is InChI=1S/C29H45NO5/c1-3-4-5-6-7-8-9-10-11-12-13-14-15-16-17-18-28(33)30(24(2)31)27(29(34)35)23-25-19-21-26(32)22-20-25/h10-11,19-22,27,32H,3-9,12-18,23H2,1-2H3,(H,34,35)/t27-/m0/s1. The van der Waals surface area contributed by atoms with Crippen molar-refractivity contribution in [2.45, 2.75) is 116 Å². The summed E-state index contributed by atoms with van der Waals surface area (Å²) in [7, 11) is 0. The topological polar surface area (TPSA) is 94.9 Å². The van der Waals surface area contributed by atoms with Crippen LogP contribution >= 0.6 is 0 Å². The van der Waals surface area contributed by atoms with E-state index in [1.807, 2.05) is 0 Å². The highest BCUT2D eigenvalue weighted by molar-refractivity contribution is 5.98. The molecule has 0 radical (unpaired) electrons. The fraction of sp³-hybridized carbons (Fsp3) is 0.621. The fourth-order valence-corrected chi connectivity index (χ4v) is 4.18. The zero-order chi connectivity index (χ0) is 25.9. The van der Waals surface area contributed by atoms with Gasteiger partial charge in [0.05, 0.1) is 0 Å². The molecule has 2 amide bonds. The van der Waals surface area contributed by atoms with Crippen molar-refractivity contribution in [3.05, 3.63) is 42.0 Å². The Balaban J connectivity index is 2.28. The summed E-state index contributed by atoms with van der Waals surface area (Å²) in [5.74, 6) is -2.15. The van der Waals surface area contributed by atoms with E-state index in [9.17, 15) is 24.6 Å². The van der Waals surface area contributed by atoms with Crippen molar-refractivity contribution in [2.24, 2.45) is 0 Å². The molecule has 0 aliphatic heterocycles. The number of carbonyl (C=O) groups is 3. The first-order chi connectivity index (χ1) is 16.9. The van der Waals surface area contributed by atoms with Crippen LogP contribution in [0.15, 0.2) is 36.4 Å². The van der Waals surface area contributed by atoms with Crippen LogP contribution in [0.25, 0.3) is 0 Å². The summed E-state index contributed by atoms with van der Waals surface area (Å²) in [6.07, 6.45) is 19.7. The zero-order valence-electron chi connectivity index (χ0n) is 21.7. The van der Waals surface area contributed by atoms with Crippen molar-refractivity contribution < 1.29 is 24.6 Å². The first-order valence-corrected chi connectivity index (χ1v) is 13.3. The zero-order valence-corrected chi connectivity index (χ0v) is 21.7. The van der Waals surface area contributed by atoms with Gasteiger partial charge in [0.2, 0.25) is 11.8 Å². The molecule has 2 N–H and O–H groups in total. The Morgan fingerprint density at radius 1 is 0.829 bits per heavy atom. The average molecular weight is 488 g/mol. The number of allylic oxidation sites excluding steroid dienone is 2.